The predicted octanol–water partition coefficient (Wildman–Crippen LogP) is 3.39. The first-order valence-electron chi connectivity index (χ1n) is 7.83. The molecule has 2 aromatic carbocycles. The first kappa shape index (κ1) is 17.1. The van der Waals surface area contributed by atoms with Crippen molar-refractivity contribution < 1.29 is 8.42 Å². The van der Waals surface area contributed by atoms with Crippen molar-refractivity contribution in [2.45, 2.75) is 17.9 Å². The molecular weight excluding hydrogens is 334 g/mol. The van der Waals surface area contributed by atoms with Crippen LogP contribution in [0.5, 0.6) is 0 Å². The summed E-state index contributed by atoms with van der Waals surface area (Å²) in [6.07, 6.45) is 4.69. The van der Waals surface area contributed by atoms with Crippen molar-refractivity contribution in [3.63, 3.8) is 0 Å². The number of aromatic nitrogens is 2. The van der Waals surface area contributed by atoms with Crippen molar-refractivity contribution in [1.82, 2.24) is 9.97 Å². The summed E-state index contributed by atoms with van der Waals surface area (Å²) in [4.78, 5) is 8.89. The van der Waals surface area contributed by atoms with Gasteiger partial charge < -0.3 is 5.32 Å². The minimum Gasteiger partial charge on any atom is -0.343 e. The van der Waals surface area contributed by atoms with Crippen molar-refractivity contribution in [1.29, 1.82) is 0 Å². The third-order valence-corrected chi connectivity index (χ3v) is 4.92. The third-order valence-electron chi connectivity index (χ3n) is 3.81. The third kappa shape index (κ3) is 4.22. The minimum absolute atomic E-state index is 0.259. The van der Waals surface area contributed by atoms with E-state index in [4.69, 9.17) is 0 Å². The van der Waals surface area contributed by atoms with E-state index >= 15 is 0 Å². The molecule has 0 aliphatic heterocycles. The molecule has 0 saturated carbocycles. The molecule has 0 aliphatic rings. The highest BCUT2D eigenvalue weighted by Gasteiger charge is 2.17. The Balaban J connectivity index is 2.04. The summed E-state index contributed by atoms with van der Waals surface area (Å²) < 4.78 is 23.8. The molecule has 1 atom stereocenters. The lowest BCUT2D eigenvalue weighted by molar-refractivity contribution is 0.601. The lowest BCUT2D eigenvalue weighted by Gasteiger charge is -2.20. The average Bonchev–Trinajstić information content (AvgIpc) is 2.61. The fourth-order valence-corrected chi connectivity index (χ4v) is 3.20. The molecule has 1 aromatic heterocycles. The van der Waals surface area contributed by atoms with Gasteiger partial charge in [-0.3, -0.25) is 0 Å². The Morgan fingerprint density at radius 3 is 2.20 bits per heavy atom. The van der Waals surface area contributed by atoms with Crippen molar-refractivity contribution in [3.8, 4) is 0 Å². The first-order chi connectivity index (χ1) is 11.9. The molecule has 6 heteroatoms. The van der Waals surface area contributed by atoms with Crippen molar-refractivity contribution >= 4 is 15.8 Å². The maximum absolute atomic E-state index is 11.9. The van der Waals surface area contributed by atoms with E-state index in [1.54, 1.807) is 30.6 Å². The van der Waals surface area contributed by atoms with Gasteiger partial charge in [0.2, 0.25) is 5.95 Å². The molecule has 0 aliphatic carbocycles. The number of aryl methyl sites for hydroxylation is 1. The molecule has 0 saturated heterocycles. The number of hydrogen-bond acceptors (Lipinski definition) is 5. The maximum Gasteiger partial charge on any atom is 0.223 e. The van der Waals surface area contributed by atoms with E-state index in [2.05, 4.69) is 15.3 Å². The van der Waals surface area contributed by atoms with E-state index in [-0.39, 0.29) is 10.9 Å². The number of benzene rings is 2. The van der Waals surface area contributed by atoms with Crippen LogP contribution in [-0.2, 0) is 9.84 Å². The molecule has 3 aromatic rings. The monoisotopic (exact) mass is 353 g/mol. The summed E-state index contributed by atoms with van der Waals surface area (Å²) in [6.45, 7) is 1.92. The molecular formula is C19H19N3O2S. The van der Waals surface area contributed by atoms with Crippen molar-refractivity contribution in [3.05, 3.63) is 83.7 Å². The summed E-state index contributed by atoms with van der Waals surface area (Å²) in [5.74, 6) is 0.490. The van der Waals surface area contributed by atoms with Gasteiger partial charge in [0, 0.05) is 18.6 Å². The van der Waals surface area contributed by atoms with Gasteiger partial charge in [-0.05, 0) is 35.7 Å². The second-order valence-corrected chi connectivity index (χ2v) is 7.93. The Morgan fingerprint density at radius 1 is 0.920 bits per heavy atom. The largest absolute Gasteiger partial charge is 0.343 e. The van der Waals surface area contributed by atoms with Crippen LogP contribution in [0.1, 0.15) is 22.7 Å². The lowest BCUT2D eigenvalue weighted by atomic mass is 9.99. The second-order valence-electron chi connectivity index (χ2n) is 5.92. The molecule has 0 amide bonds. The van der Waals surface area contributed by atoms with Crippen LogP contribution in [0, 0.1) is 6.92 Å². The number of hydrogen-bond donors (Lipinski definition) is 1. The highest BCUT2D eigenvalue weighted by atomic mass is 32.2. The van der Waals surface area contributed by atoms with Crippen LogP contribution in [0.2, 0.25) is 0 Å². The van der Waals surface area contributed by atoms with E-state index in [9.17, 15) is 8.42 Å². The molecule has 0 bridgehead atoms. The highest BCUT2D eigenvalue weighted by molar-refractivity contribution is 7.90. The van der Waals surface area contributed by atoms with Gasteiger partial charge in [0.1, 0.15) is 0 Å². The van der Waals surface area contributed by atoms with Gasteiger partial charge in [0.15, 0.2) is 9.84 Å². The molecule has 3 rings (SSSR count). The molecule has 1 unspecified atom stereocenters. The highest BCUT2D eigenvalue weighted by Crippen LogP contribution is 2.27. The average molecular weight is 353 g/mol. The predicted molar refractivity (Wildman–Crippen MR) is 98.2 cm³/mol. The molecule has 25 heavy (non-hydrogen) atoms. The SMILES string of the molecule is Cc1cnc(NC(c2ccccc2)c2cccc(S(C)(=O)=O)c2)nc1. The lowest BCUT2D eigenvalue weighted by Crippen LogP contribution is -2.15. The van der Waals surface area contributed by atoms with E-state index in [1.807, 2.05) is 43.3 Å². The molecule has 0 radical (unpaired) electrons. The van der Waals surface area contributed by atoms with E-state index in [1.165, 1.54) is 6.26 Å². The molecule has 0 fully saturated rings. The van der Waals surface area contributed by atoms with Crippen LogP contribution in [0.4, 0.5) is 5.95 Å². The van der Waals surface area contributed by atoms with Crippen molar-refractivity contribution in [2.75, 3.05) is 11.6 Å². The van der Waals surface area contributed by atoms with Gasteiger partial charge in [-0.15, -0.1) is 0 Å². The number of nitrogens with zero attached hydrogens (tertiary/aromatic N) is 2. The smallest absolute Gasteiger partial charge is 0.223 e. The normalized spacial score (nSPS) is 12.6. The fraction of sp³-hybridized carbons (Fsp3) is 0.158. The van der Waals surface area contributed by atoms with Crippen LogP contribution >= 0.6 is 0 Å². The minimum atomic E-state index is -3.28. The van der Waals surface area contributed by atoms with E-state index < -0.39 is 9.84 Å². The van der Waals surface area contributed by atoms with Crippen LogP contribution in [0.15, 0.2) is 71.9 Å². The first-order valence-corrected chi connectivity index (χ1v) is 9.73. The van der Waals surface area contributed by atoms with Gasteiger partial charge in [-0.2, -0.15) is 0 Å². The van der Waals surface area contributed by atoms with Crippen LogP contribution < -0.4 is 5.32 Å². The van der Waals surface area contributed by atoms with Gasteiger partial charge >= 0.3 is 0 Å². The van der Waals surface area contributed by atoms with Crippen LogP contribution in [0.3, 0.4) is 0 Å². The molecule has 1 heterocycles. The molecule has 128 valence electrons. The zero-order chi connectivity index (χ0) is 17.9. The number of rotatable bonds is 5. The molecule has 0 spiro atoms. The molecule has 1 N–H and O–H groups in total. The topological polar surface area (TPSA) is 72.0 Å². The Kier molecular flexibility index (Phi) is 4.81. The van der Waals surface area contributed by atoms with Gasteiger partial charge in [0.25, 0.3) is 0 Å². The van der Waals surface area contributed by atoms with Gasteiger partial charge in [-0.1, -0.05) is 42.5 Å². The summed E-state index contributed by atoms with van der Waals surface area (Å²) in [6, 6.07) is 16.5. The second kappa shape index (κ2) is 7.03. The van der Waals surface area contributed by atoms with Gasteiger partial charge in [0.05, 0.1) is 10.9 Å². The standard InChI is InChI=1S/C19H19N3O2S/c1-14-12-20-19(21-13-14)22-18(15-7-4-3-5-8-15)16-9-6-10-17(11-16)25(2,23)24/h3-13,18H,1-2H3,(H,20,21,22). The summed E-state index contributed by atoms with van der Waals surface area (Å²) >= 11 is 0. The molecule has 5 nitrogen and oxygen atoms in total. The Hall–Kier alpha value is -2.73. The summed E-state index contributed by atoms with van der Waals surface area (Å²) in [5, 5.41) is 3.30. The zero-order valence-electron chi connectivity index (χ0n) is 14.0. The number of anilines is 1. The Bertz CT molecular complexity index is 955. The quantitative estimate of drug-likeness (QED) is 0.761. The summed E-state index contributed by atoms with van der Waals surface area (Å²) in [5.41, 5.74) is 2.80. The number of sulfone groups is 1. The van der Waals surface area contributed by atoms with Crippen LogP contribution in [-0.4, -0.2) is 24.6 Å². The Labute approximate surface area is 147 Å². The Morgan fingerprint density at radius 2 is 1.56 bits per heavy atom. The maximum atomic E-state index is 11.9. The van der Waals surface area contributed by atoms with Crippen LogP contribution in [0.25, 0.3) is 0 Å². The number of nitrogens with one attached hydrogen (secondary N) is 1. The zero-order valence-corrected chi connectivity index (χ0v) is 14.9. The van der Waals surface area contributed by atoms with E-state index in [0.717, 1.165) is 16.7 Å². The summed E-state index contributed by atoms with van der Waals surface area (Å²) in [7, 11) is -3.28. The van der Waals surface area contributed by atoms with Crippen molar-refractivity contribution in [2.24, 2.45) is 0 Å². The fourth-order valence-electron chi connectivity index (χ4n) is 2.53. The van der Waals surface area contributed by atoms with E-state index in [0.29, 0.717) is 5.95 Å². The van der Waals surface area contributed by atoms with Gasteiger partial charge in [-0.25, -0.2) is 18.4 Å².